The molecule has 0 radical (unpaired) electrons. The molecule has 0 aromatic rings. The Kier molecular flexibility index (Phi) is 11.1. The minimum Gasteiger partial charge on any atom is -0.396 e. The number of likely N-dealkylation sites (tertiary alicyclic amines) is 1. The van der Waals surface area contributed by atoms with E-state index in [1.54, 1.807) is 0 Å². The van der Waals surface area contributed by atoms with Crippen LogP contribution in [0.25, 0.3) is 0 Å². The Balaban J connectivity index is 2.48. The van der Waals surface area contributed by atoms with E-state index in [9.17, 15) is 5.11 Å². The maximum Gasteiger partial charge on any atom is 0.191 e. The number of guanidine groups is 1. The number of aliphatic hydroxyl groups is 1. The van der Waals surface area contributed by atoms with Crippen molar-refractivity contribution in [3.8, 4) is 0 Å². The van der Waals surface area contributed by atoms with Crippen molar-refractivity contribution in [1.29, 1.82) is 0 Å². The molecular weight excluding hydrogens is 300 g/mol. The second-order valence-corrected chi connectivity index (χ2v) is 7.51. The van der Waals surface area contributed by atoms with Crippen LogP contribution < -0.4 is 10.6 Å². The second kappa shape index (κ2) is 12.5. The van der Waals surface area contributed by atoms with Gasteiger partial charge in [0.25, 0.3) is 0 Å². The Morgan fingerprint density at radius 2 is 2.08 bits per heavy atom. The molecule has 5 nitrogen and oxygen atoms in total. The van der Waals surface area contributed by atoms with Gasteiger partial charge in [-0.1, -0.05) is 20.8 Å². The molecule has 0 spiro atoms. The summed E-state index contributed by atoms with van der Waals surface area (Å²) >= 11 is 0. The second-order valence-electron chi connectivity index (χ2n) is 7.51. The highest BCUT2D eigenvalue weighted by atomic mass is 16.3. The quantitative estimate of drug-likeness (QED) is 0.422. The van der Waals surface area contributed by atoms with E-state index in [-0.39, 0.29) is 6.61 Å². The number of piperidine rings is 1. The third-order valence-corrected chi connectivity index (χ3v) is 4.80. The summed E-state index contributed by atoms with van der Waals surface area (Å²) in [5.41, 5.74) is 0. The normalized spacial score (nSPS) is 21.1. The van der Waals surface area contributed by atoms with Crippen LogP contribution in [0.15, 0.2) is 4.99 Å². The van der Waals surface area contributed by atoms with Crippen LogP contribution in [0.4, 0.5) is 0 Å². The first-order valence-electron chi connectivity index (χ1n) is 9.94. The van der Waals surface area contributed by atoms with E-state index < -0.39 is 0 Å². The largest absolute Gasteiger partial charge is 0.396 e. The van der Waals surface area contributed by atoms with Gasteiger partial charge >= 0.3 is 0 Å². The van der Waals surface area contributed by atoms with Crippen LogP contribution in [0.2, 0.25) is 0 Å². The van der Waals surface area contributed by atoms with Gasteiger partial charge in [0.2, 0.25) is 0 Å². The zero-order chi connectivity index (χ0) is 17.8. The molecule has 24 heavy (non-hydrogen) atoms. The van der Waals surface area contributed by atoms with E-state index in [0.29, 0.717) is 17.8 Å². The Bertz CT molecular complexity index is 346. The minimum absolute atomic E-state index is 0.256. The van der Waals surface area contributed by atoms with Crippen molar-refractivity contribution in [2.45, 2.75) is 53.4 Å². The summed E-state index contributed by atoms with van der Waals surface area (Å²) in [5, 5.41) is 16.2. The van der Waals surface area contributed by atoms with Crippen molar-refractivity contribution in [1.82, 2.24) is 15.5 Å². The number of hydrogen-bond acceptors (Lipinski definition) is 3. The zero-order valence-corrected chi connectivity index (χ0v) is 16.4. The van der Waals surface area contributed by atoms with Gasteiger partial charge in [0.15, 0.2) is 5.96 Å². The van der Waals surface area contributed by atoms with Crippen LogP contribution in [0.1, 0.15) is 53.4 Å². The number of nitrogens with one attached hydrogen (secondary N) is 2. The lowest BCUT2D eigenvalue weighted by Crippen LogP contribution is -2.44. The molecule has 3 N–H and O–H groups in total. The van der Waals surface area contributed by atoms with E-state index in [1.807, 2.05) is 0 Å². The summed E-state index contributed by atoms with van der Waals surface area (Å²) in [6.07, 6.45) is 4.58. The van der Waals surface area contributed by atoms with Crippen LogP contribution in [0, 0.1) is 17.8 Å². The smallest absolute Gasteiger partial charge is 0.191 e. The van der Waals surface area contributed by atoms with Crippen LogP contribution >= 0.6 is 0 Å². The van der Waals surface area contributed by atoms with Gasteiger partial charge in [0.1, 0.15) is 0 Å². The average Bonchev–Trinajstić information content (AvgIpc) is 2.57. The molecule has 2 atom stereocenters. The molecule has 142 valence electrons. The fraction of sp³-hybridized carbons (Fsp3) is 0.947. The molecule has 0 saturated carbocycles. The monoisotopic (exact) mass is 340 g/mol. The fourth-order valence-electron chi connectivity index (χ4n) is 3.54. The lowest BCUT2D eigenvalue weighted by atomic mass is 9.94. The van der Waals surface area contributed by atoms with Crippen molar-refractivity contribution >= 4 is 5.96 Å². The van der Waals surface area contributed by atoms with Crippen LogP contribution in [-0.2, 0) is 0 Å². The molecule has 0 aliphatic carbocycles. The number of hydrogen-bond donors (Lipinski definition) is 3. The Morgan fingerprint density at radius 1 is 1.29 bits per heavy atom. The van der Waals surface area contributed by atoms with Gasteiger partial charge in [-0.3, -0.25) is 4.99 Å². The summed E-state index contributed by atoms with van der Waals surface area (Å²) in [6.45, 7) is 15.4. The highest BCUT2D eigenvalue weighted by Gasteiger charge is 2.19. The van der Waals surface area contributed by atoms with Gasteiger partial charge in [-0.25, -0.2) is 0 Å². The maximum atomic E-state index is 9.26. The number of rotatable bonds is 10. The summed E-state index contributed by atoms with van der Waals surface area (Å²) < 4.78 is 0. The number of nitrogens with zero attached hydrogens (tertiary/aromatic N) is 2. The Morgan fingerprint density at radius 3 is 2.71 bits per heavy atom. The highest BCUT2D eigenvalue weighted by molar-refractivity contribution is 5.79. The molecule has 5 heteroatoms. The topological polar surface area (TPSA) is 59.9 Å². The van der Waals surface area contributed by atoms with E-state index in [0.717, 1.165) is 45.0 Å². The molecule has 1 fully saturated rings. The average molecular weight is 341 g/mol. The van der Waals surface area contributed by atoms with Gasteiger partial charge in [-0.05, 0) is 63.5 Å². The fourth-order valence-corrected chi connectivity index (χ4v) is 3.54. The van der Waals surface area contributed by atoms with Crippen molar-refractivity contribution in [3.05, 3.63) is 0 Å². The standard InChI is InChI=1S/C19H40N4O/c1-5-20-19(21-13-17(9-11-24)12-16(3)4)22-14-18-8-7-10-23(6-2)15-18/h16-18,24H,5-15H2,1-4H3,(H2,20,21,22). The maximum absolute atomic E-state index is 9.26. The van der Waals surface area contributed by atoms with Crippen molar-refractivity contribution < 1.29 is 5.11 Å². The predicted octanol–water partition coefficient (Wildman–Crippen LogP) is 2.32. The van der Waals surface area contributed by atoms with Crippen LogP contribution in [0.5, 0.6) is 0 Å². The molecule has 1 saturated heterocycles. The zero-order valence-electron chi connectivity index (χ0n) is 16.4. The van der Waals surface area contributed by atoms with E-state index in [1.165, 1.54) is 25.9 Å². The number of aliphatic hydroxyl groups excluding tert-OH is 1. The molecular formula is C19H40N4O. The lowest BCUT2D eigenvalue weighted by molar-refractivity contribution is 0.183. The van der Waals surface area contributed by atoms with Crippen molar-refractivity contribution in [3.63, 3.8) is 0 Å². The van der Waals surface area contributed by atoms with E-state index in [2.05, 4.69) is 43.2 Å². The molecule has 1 rings (SSSR count). The third-order valence-electron chi connectivity index (χ3n) is 4.80. The minimum atomic E-state index is 0.256. The first-order chi connectivity index (χ1) is 11.6. The van der Waals surface area contributed by atoms with Crippen molar-refractivity contribution in [2.75, 3.05) is 45.9 Å². The van der Waals surface area contributed by atoms with Crippen LogP contribution in [-0.4, -0.2) is 61.8 Å². The van der Waals surface area contributed by atoms with Gasteiger partial charge in [0.05, 0.1) is 0 Å². The summed E-state index contributed by atoms with van der Waals surface area (Å²) in [6, 6.07) is 0. The third kappa shape index (κ3) is 8.88. The lowest BCUT2D eigenvalue weighted by Gasteiger charge is -2.32. The Hall–Kier alpha value is -0.810. The van der Waals surface area contributed by atoms with Gasteiger partial charge < -0.3 is 20.6 Å². The highest BCUT2D eigenvalue weighted by Crippen LogP contribution is 2.16. The summed E-state index contributed by atoms with van der Waals surface area (Å²) in [4.78, 5) is 7.32. The summed E-state index contributed by atoms with van der Waals surface area (Å²) in [7, 11) is 0. The molecule has 0 amide bonds. The first-order valence-corrected chi connectivity index (χ1v) is 9.94. The molecule has 0 aromatic heterocycles. The molecule has 1 heterocycles. The molecule has 0 aromatic carbocycles. The van der Waals surface area contributed by atoms with E-state index in [4.69, 9.17) is 4.99 Å². The van der Waals surface area contributed by atoms with E-state index >= 15 is 0 Å². The van der Waals surface area contributed by atoms with Gasteiger partial charge in [0, 0.05) is 32.8 Å². The molecule has 2 unspecified atom stereocenters. The molecule has 1 aliphatic heterocycles. The predicted molar refractivity (Wildman–Crippen MR) is 103 cm³/mol. The van der Waals surface area contributed by atoms with Gasteiger partial charge in [-0.15, -0.1) is 0 Å². The van der Waals surface area contributed by atoms with Gasteiger partial charge in [-0.2, -0.15) is 0 Å². The van der Waals surface area contributed by atoms with Crippen LogP contribution in [0.3, 0.4) is 0 Å². The Labute approximate surface area is 149 Å². The van der Waals surface area contributed by atoms with Crippen molar-refractivity contribution in [2.24, 2.45) is 22.7 Å². The molecule has 0 bridgehead atoms. The first kappa shape index (κ1) is 21.2. The number of aliphatic imine (C=N–C) groups is 1. The molecule has 1 aliphatic rings. The SMILES string of the molecule is CCNC(=NCC(CCO)CC(C)C)NCC1CCCN(CC)C1. The summed E-state index contributed by atoms with van der Waals surface area (Å²) in [5.74, 6) is 2.76.